The van der Waals surface area contributed by atoms with Crippen molar-refractivity contribution in [2.45, 2.75) is 103 Å². The van der Waals surface area contributed by atoms with Crippen LogP contribution in [-0.4, -0.2) is 110 Å². The molecule has 2 N–H and O–H groups in total. The maximum Gasteiger partial charge on any atom is 0.258 e. The van der Waals surface area contributed by atoms with Crippen LogP contribution in [0.5, 0.6) is 5.75 Å². The predicted octanol–water partition coefficient (Wildman–Crippen LogP) is 5.27. The van der Waals surface area contributed by atoms with Gasteiger partial charge in [0.05, 0.1) is 30.4 Å². The number of ether oxygens (including phenoxy) is 2. The van der Waals surface area contributed by atoms with Gasteiger partial charge in [-0.25, -0.2) is 0 Å². The van der Waals surface area contributed by atoms with Gasteiger partial charge in [0.2, 0.25) is 5.91 Å². The zero-order valence-electron chi connectivity index (χ0n) is 28.4. The first kappa shape index (κ1) is 36.3. The first-order valence-electron chi connectivity index (χ1n) is 17.0. The first-order valence-corrected chi connectivity index (χ1v) is 17.0. The number of aliphatic hydroxyl groups excluding tert-OH is 1. The number of anilines is 1. The highest BCUT2D eigenvalue weighted by atomic mass is 16.5. The quantitative estimate of drug-likeness (QED) is 0.350. The maximum atomic E-state index is 14.3. The number of amides is 2. The van der Waals surface area contributed by atoms with Crippen LogP contribution in [0.3, 0.4) is 0 Å². The molecule has 250 valence electrons. The number of rotatable bonds is 11. The van der Waals surface area contributed by atoms with E-state index in [1.807, 2.05) is 27.9 Å². The lowest BCUT2D eigenvalue weighted by Gasteiger charge is -2.36. The molecular weight excluding hydrogens is 556 g/mol. The number of hydrogen-bond acceptors (Lipinski definition) is 7. The number of likely N-dealkylation sites (N-methyl/N-ethyl adjacent to an activating group) is 1. The van der Waals surface area contributed by atoms with Crippen molar-refractivity contribution >= 4 is 17.5 Å². The molecule has 0 radical (unpaired) electrons. The Kier molecular flexibility index (Phi) is 15.4. The Morgan fingerprint density at radius 3 is 2.50 bits per heavy atom. The third-order valence-corrected chi connectivity index (χ3v) is 9.13. The molecule has 9 nitrogen and oxygen atoms in total. The van der Waals surface area contributed by atoms with Crippen LogP contribution in [0.25, 0.3) is 0 Å². The third-order valence-electron chi connectivity index (χ3n) is 9.13. The monoisotopic (exact) mass is 616 g/mol. The van der Waals surface area contributed by atoms with Crippen LogP contribution >= 0.6 is 0 Å². The molecule has 3 rings (SSSR count). The second-order valence-corrected chi connectivity index (χ2v) is 13.7. The van der Waals surface area contributed by atoms with E-state index < -0.39 is 6.04 Å². The minimum atomic E-state index is -0.395. The zero-order chi connectivity index (χ0) is 32.1. The molecule has 2 amide bonds. The van der Waals surface area contributed by atoms with Gasteiger partial charge in [0, 0.05) is 44.3 Å². The molecule has 44 heavy (non-hydrogen) atoms. The highest BCUT2D eigenvalue weighted by Crippen LogP contribution is 2.29. The molecule has 1 aromatic carbocycles. The number of carbonyl (C=O) groups is 2. The van der Waals surface area contributed by atoms with Crippen LogP contribution in [0.1, 0.15) is 95.3 Å². The fraction of sp³-hybridized carbons (Fsp3) is 0.771. The lowest BCUT2D eigenvalue weighted by molar-refractivity contribution is -0.116. The van der Waals surface area contributed by atoms with Gasteiger partial charge in [0.25, 0.3) is 5.91 Å². The van der Waals surface area contributed by atoms with Crippen LogP contribution in [0.2, 0.25) is 0 Å². The fourth-order valence-corrected chi connectivity index (χ4v) is 6.43. The van der Waals surface area contributed by atoms with Crippen molar-refractivity contribution in [3.63, 3.8) is 0 Å². The van der Waals surface area contributed by atoms with Gasteiger partial charge in [-0.05, 0) is 104 Å². The smallest absolute Gasteiger partial charge is 0.258 e. The lowest BCUT2D eigenvalue weighted by atomic mass is 9.89. The first-order chi connectivity index (χ1) is 21.1. The second kappa shape index (κ2) is 18.7. The summed E-state index contributed by atoms with van der Waals surface area (Å²) in [5.41, 5.74) is 0.971. The van der Waals surface area contributed by atoms with Crippen molar-refractivity contribution in [3.05, 3.63) is 23.8 Å². The SMILES string of the molecule is C[C@@H]1CN([C@@H](C)CO)C(=O)c2cc(NC(=O)CCCN(C)C)ccc2O[C@@H](C)CCCCO[C@H]1CN(C)CC1CCCCC1. The zero-order valence-corrected chi connectivity index (χ0v) is 28.4. The van der Waals surface area contributed by atoms with Crippen molar-refractivity contribution < 1.29 is 24.2 Å². The van der Waals surface area contributed by atoms with Crippen molar-refractivity contribution in [3.8, 4) is 5.75 Å². The number of aliphatic hydroxyl groups is 1. The molecule has 0 spiro atoms. The molecule has 4 atom stereocenters. The molecule has 1 saturated carbocycles. The molecular formula is C35H60N4O5. The molecule has 1 fully saturated rings. The van der Waals surface area contributed by atoms with E-state index >= 15 is 0 Å². The van der Waals surface area contributed by atoms with Gasteiger partial charge < -0.3 is 34.6 Å². The Morgan fingerprint density at radius 2 is 1.80 bits per heavy atom. The van der Waals surface area contributed by atoms with E-state index in [1.54, 1.807) is 23.1 Å². The summed E-state index contributed by atoms with van der Waals surface area (Å²) in [5.74, 6) is 1.01. The van der Waals surface area contributed by atoms with Crippen molar-refractivity contribution in [2.24, 2.45) is 11.8 Å². The summed E-state index contributed by atoms with van der Waals surface area (Å²) in [6, 6.07) is 4.93. The van der Waals surface area contributed by atoms with Crippen molar-refractivity contribution in [2.75, 3.05) is 65.9 Å². The van der Waals surface area contributed by atoms with Crippen LogP contribution < -0.4 is 10.1 Å². The van der Waals surface area contributed by atoms with E-state index in [0.717, 1.165) is 51.2 Å². The molecule has 1 aromatic rings. The second-order valence-electron chi connectivity index (χ2n) is 13.7. The topological polar surface area (TPSA) is 94.6 Å². The standard InChI is InChI=1S/C35H60N4O5/c1-26-22-39(27(2)25-40)35(42)31-21-30(36-34(41)16-12-19-37(4)5)17-18-32(31)44-28(3)13-10-11-20-43-33(26)24-38(6)23-29-14-8-7-9-15-29/h17-18,21,26-29,33,40H,7-16,19-20,22-25H2,1-6H3,(H,36,41)/t26-,27+,28+,33+/m1/s1. The minimum Gasteiger partial charge on any atom is -0.490 e. The fourth-order valence-electron chi connectivity index (χ4n) is 6.43. The van der Waals surface area contributed by atoms with Crippen LogP contribution in [0.15, 0.2) is 18.2 Å². The van der Waals surface area contributed by atoms with Crippen LogP contribution in [-0.2, 0) is 9.53 Å². The lowest BCUT2D eigenvalue weighted by Crippen LogP contribution is -2.47. The molecule has 1 aliphatic heterocycles. The van der Waals surface area contributed by atoms with Crippen LogP contribution in [0.4, 0.5) is 5.69 Å². The summed E-state index contributed by atoms with van der Waals surface area (Å²) in [6.07, 6.45) is 10.4. The third kappa shape index (κ3) is 12.0. The van der Waals surface area contributed by atoms with Gasteiger partial charge >= 0.3 is 0 Å². The number of nitrogens with zero attached hydrogens (tertiary/aromatic N) is 3. The number of hydrogen-bond donors (Lipinski definition) is 2. The largest absolute Gasteiger partial charge is 0.490 e. The highest BCUT2D eigenvalue weighted by molar-refractivity contribution is 5.99. The van der Waals surface area contributed by atoms with Gasteiger partial charge in [-0.2, -0.15) is 0 Å². The van der Waals surface area contributed by atoms with E-state index in [2.05, 4.69) is 29.1 Å². The van der Waals surface area contributed by atoms with Gasteiger partial charge in [-0.1, -0.05) is 26.2 Å². The molecule has 1 heterocycles. The van der Waals surface area contributed by atoms with E-state index in [1.165, 1.54) is 32.1 Å². The maximum absolute atomic E-state index is 14.3. The van der Waals surface area contributed by atoms with Crippen molar-refractivity contribution in [1.82, 2.24) is 14.7 Å². The molecule has 0 unspecified atom stereocenters. The van der Waals surface area contributed by atoms with E-state index in [9.17, 15) is 14.7 Å². The molecule has 9 heteroatoms. The number of benzene rings is 1. The Bertz CT molecular complexity index is 1010. The van der Waals surface area contributed by atoms with E-state index in [4.69, 9.17) is 9.47 Å². The number of nitrogens with one attached hydrogen (secondary N) is 1. The summed E-state index contributed by atoms with van der Waals surface area (Å²) in [7, 11) is 6.17. The Balaban J connectivity index is 1.84. The predicted molar refractivity (Wildman–Crippen MR) is 177 cm³/mol. The summed E-state index contributed by atoms with van der Waals surface area (Å²) in [6.45, 7) is 9.74. The summed E-state index contributed by atoms with van der Waals surface area (Å²) >= 11 is 0. The molecule has 0 saturated heterocycles. The Hall–Kier alpha value is -2.20. The average Bonchev–Trinajstić information content (AvgIpc) is 2.98. The average molecular weight is 617 g/mol. The van der Waals surface area contributed by atoms with Gasteiger partial charge in [-0.15, -0.1) is 0 Å². The number of carbonyl (C=O) groups excluding carboxylic acids is 2. The Labute approximate surface area is 266 Å². The van der Waals surface area contributed by atoms with Gasteiger partial charge in [-0.3, -0.25) is 9.59 Å². The highest BCUT2D eigenvalue weighted by Gasteiger charge is 2.31. The van der Waals surface area contributed by atoms with Gasteiger partial charge in [0.15, 0.2) is 0 Å². The van der Waals surface area contributed by atoms with E-state index in [0.29, 0.717) is 36.6 Å². The molecule has 1 aliphatic carbocycles. The minimum absolute atomic E-state index is 0.0337. The summed E-state index contributed by atoms with van der Waals surface area (Å²) in [4.78, 5) is 33.2. The number of fused-ring (bicyclic) bond motifs is 1. The molecule has 0 aromatic heterocycles. The molecule has 0 bridgehead atoms. The van der Waals surface area contributed by atoms with E-state index in [-0.39, 0.29) is 36.5 Å². The van der Waals surface area contributed by atoms with Gasteiger partial charge in [0.1, 0.15) is 5.75 Å². The van der Waals surface area contributed by atoms with Crippen LogP contribution in [0, 0.1) is 11.8 Å². The Morgan fingerprint density at radius 1 is 1.07 bits per heavy atom. The normalized spacial score (nSPS) is 23.6. The molecule has 2 aliphatic rings. The summed E-state index contributed by atoms with van der Waals surface area (Å²) in [5, 5.41) is 13.2. The summed E-state index contributed by atoms with van der Waals surface area (Å²) < 4.78 is 12.9. The van der Waals surface area contributed by atoms with Crippen molar-refractivity contribution in [1.29, 1.82) is 0 Å².